The molecular weight excluding hydrogens is 394 g/mol. The van der Waals surface area contributed by atoms with E-state index in [0.717, 1.165) is 18.7 Å². The quantitative estimate of drug-likeness (QED) is 0.739. The van der Waals surface area contributed by atoms with Crippen LogP contribution >= 0.6 is 11.3 Å². The fourth-order valence-electron chi connectivity index (χ4n) is 4.39. The van der Waals surface area contributed by atoms with Crippen molar-refractivity contribution in [2.24, 2.45) is 0 Å². The Morgan fingerprint density at radius 1 is 1.29 bits per heavy atom. The fourth-order valence-corrected chi connectivity index (χ4v) is 6.65. The minimum Gasteiger partial charge on any atom is -0.490 e. The van der Waals surface area contributed by atoms with Crippen molar-refractivity contribution in [1.29, 1.82) is 0 Å². The molecule has 1 aromatic carbocycles. The second-order valence-corrected chi connectivity index (χ2v) is 10.7. The minimum atomic E-state index is -3.44. The van der Waals surface area contributed by atoms with Crippen LogP contribution in [0.15, 0.2) is 34.7 Å². The molecule has 0 radical (unpaired) electrons. The Kier molecular flexibility index (Phi) is 5.62. The van der Waals surface area contributed by atoms with Gasteiger partial charge in [0.05, 0.1) is 17.1 Å². The first-order chi connectivity index (χ1) is 13.5. The van der Waals surface area contributed by atoms with E-state index in [-0.39, 0.29) is 5.75 Å². The number of sulfone groups is 1. The van der Waals surface area contributed by atoms with Crippen molar-refractivity contribution in [3.8, 4) is 5.75 Å². The van der Waals surface area contributed by atoms with Crippen LogP contribution in [-0.2, 0) is 15.6 Å². The fraction of sp³-hybridized carbons (Fsp3) is 0.550. The van der Waals surface area contributed by atoms with Crippen LogP contribution in [0.4, 0.5) is 5.69 Å². The van der Waals surface area contributed by atoms with Crippen molar-refractivity contribution in [3.05, 3.63) is 34.8 Å². The van der Waals surface area contributed by atoms with Gasteiger partial charge in [0, 0.05) is 29.7 Å². The molecular formula is C20H27N3O3S2. The van der Waals surface area contributed by atoms with E-state index in [0.29, 0.717) is 34.3 Å². The first-order valence-electron chi connectivity index (χ1n) is 9.77. The van der Waals surface area contributed by atoms with E-state index in [4.69, 9.17) is 4.74 Å². The lowest BCUT2D eigenvalue weighted by Gasteiger charge is -2.45. The summed E-state index contributed by atoms with van der Waals surface area (Å²) >= 11 is 1.36. The smallest absolute Gasteiger partial charge is 0.185 e. The molecule has 1 saturated carbocycles. The zero-order chi connectivity index (χ0) is 19.7. The molecule has 2 heterocycles. The molecule has 1 fully saturated rings. The molecule has 0 spiro atoms. The van der Waals surface area contributed by atoms with Crippen LogP contribution in [0.3, 0.4) is 0 Å². The molecule has 2 aromatic rings. The zero-order valence-electron chi connectivity index (χ0n) is 16.4. The van der Waals surface area contributed by atoms with Gasteiger partial charge >= 0.3 is 0 Å². The predicted octanol–water partition coefficient (Wildman–Crippen LogP) is 3.19. The molecule has 6 nitrogen and oxygen atoms in total. The maximum Gasteiger partial charge on any atom is 0.185 e. The van der Waals surface area contributed by atoms with Gasteiger partial charge in [-0.15, -0.1) is 11.3 Å². The van der Waals surface area contributed by atoms with Gasteiger partial charge in [0.1, 0.15) is 23.1 Å². The average Bonchev–Trinajstić information content (AvgIpc) is 3.19. The normalized spacial score (nSPS) is 22.8. The Bertz CT molecular complexity index is 913. The van der Waals surface area contributed by atoms with Crippen LogP contribution in [0.1, 0.15) is 30.7 Å². The monoisotopic (exact) mass is 421 g/mol. The highest BCUT2D eigenvalue weighted by Crippen LogP contribution is 2.39. The Morgan fingerprint density at radius 3 is 2.86 bits per heavy atom. The Morgan fingerprint density at radius 2 is 2.11 bits per heavy atom. The first kappa shape index (κ1) is 19.7. The summed E-state index contributed by atoms with van der Waals surface area (Å²) in [6, 6.07) is 6.27. The van der Waals surface area contributed by atoms with Gasteiger partial charge in [0.2, 0.25) is 0 Å². The second kappa shape index (κ2) is 8.00. The Balaban J connectivity index is 1.62. The molecule has 28 heavy (non-hydrogen) atoms. The van der Waals surface area contributed by atoms with Gasteiger partial charge in [0.15, 0.2) is 9.84 Å². The summed E-state index contributed by atoms with van der Waals surface area (Å²) in [6.45, 7) is 1.42. The van der Waals surface area contributed by atoms with Crippen molar-refractivity contribution in [2.75, 3.05) is 32.1 Å². The number of thiazole rings is 1. The molecule has 1 aliphatic carbocycles. The highest BCUT2D eigenvalue weighted by Gasteiger charge is 2.34. The third-order valence-electron chi connectivity index (χ3n) is 5.74. The van der Waals surface area contributed by atoms with Crippen molar-refractivity contribution < 1.29 is 13.2 Å². The van der Waals surface area contributed by atoms with Gasteiger partial charge in [-0.2, -0.15) is 0 Å². The maximum atomic E-state index is 12.8. The molecule has 8 heteroatoms. The van der Waals surface area contributed by atoms with Crippen LogP contribution in [-0.4, -0.2) is 57.6 Å². The van der Waals surface area contributed by atoms with Gasteiger partial charge < -0.3 is 14.5 Å². The number of likely N-dealkylation sites (N-methyl/N-ethyl adjacent to an activating group) is 1. The molecule has 0 amide bonds. The topological polar surface area (TPSA) is 62.7 Å². The molecule has 1 aromatic heterocycles. The van der Waals surface area contributed by atoms with E-state index < -0.39 is 9.84 Å². The van der Waals surface area contributed by atoms with Crippen LogP contribution in [0.25, 0.3) is 0 Å². The third kappa shape index (κ3) is 3.90. The number of hydrogen-bond donors (Lipinski definition) is 0. The molecule has 2 aliphatic rings. The molecule has 0 bridgehead atoms. The first-order valence-corrected chi connectivity index (χ1v) is 12.3. The van der Waals surface area contributed by atoms with Gasteiger partial charge in [0.25, 0.3) is 0 Å². The Hall–Kier alpha value is -1.64. The number of hydrogen-bond acceptors (Lipinski definition) is 7. The molecule has 0 N–H and O–H groups in total. The summed E-state index contributed by atoms with van der Waals surface area (Å²) in [5.74, 6) is 0.605. The lowest BCUT2D eigenvalue weighted by Crippen LogP contribution is -2.53. The SMILES string of the molecule is CN(C)[C@H]1CCCC[C@@H]1N1CCOc2cc(S(=O)(=O)Cc3nccs3)ccc21. The molecule has 0 saturated heterocycles. The van der Waals surface area contributed by atoms with Crippen molar-refractivity contribution in [1.82, 2.24) is 9.88 Å². The third-order valence-corrected chi connectivity index (χ3v) is 8.33. The molecule has 152 valence electrons. The molecule has 2 atom stereocenters. The van der Waals surface area contributed by atoms with E-state index in [1.54, 1.807) is 23.7 Å². The van der Waals surface area contributed by atoms with E-state index in [1.165, 1.54) is 30.6 Å². The zero-order valence-corrected chi connectivity index (χ0v) is 18.0. The van der Waals surface area contributed by atoms with Crippen LogP contribution in [0, 0.1) is 0 Å². The van der Waals surface area contributed by atoms with Crippen LogP contribution in [0.5, 0.6) is 5.75 Å². The molecule has 0 unspecified atom stereocenters. The highest BCUT2D eigenvalue weighted by molar-refractivity contribution is 7.90. The minimum absolute atomic E-state index is 0.0709. The number of ether oxygens (including phenoxy) is 1. The van der Waals surface area contributed by atoms with Crippen molar-refractivity contribution in [2.45, 2.75) is 48.4 Å². The number of anilines is 1. The molecule has 1 aliphatic heterocycles. The predicted molar refractivity (Wildman–Crippen MR) is 112 cm³/mol. The van der Waals surface area contributed by atoms with E-state index in [2.05, 4.69) is 28.9 Å². The van der Waals surface area contributed by atoms with Gasteiger partial charge in [-0.05, 0) is 39.1 Å². The summed E-state index contributed by atoms with van der Waals surface area (Å²) in [5, 5.41) is 2.40. The summed E-state index contributed by atoms with van der Waals surface area (Å²) in [4.78, 5) is 9.17. The molecule has 4 rings (SSSR count). The highest BCUT2D eigenvalue weighted by atomic mass is 32.2. The number of aromatic nitrogens is 1. The van der Waals surface area contributed by atoms with Gasteiger partial charge in [-0.1, -0.05) is 12.8 Å². The van der Waals surface area contributed by atoms with E-state index in [9.17, 15) is 8.42 Å². The van der Waals surface area contributed by atoms with Crippen molar-refractivity contribution in [3.63, 3.8) is 0 Å². The largest absolute Gasteiger partial charge is 0.490 e. The Labute approximate surface area is 171 Å². The summed E-state index contributed by atoms with van der Waals surface area (Å²) in [7, 11) is 0.861. The maximum absolute atomic E-state index is 12.8. The number of nitrogens with zero attached hydrogens (tertiary/aromatic N) is 3. The lowest BCUT2D eigenvalue weighted by atomic mass is 9.88. The lowest BCUT2D eigenvalue weighted by molar-refractivity contribution is 0.184. The summed E-state index contributed by atoms with van der Waals surface area (Å²) in [5.41, 5.74) is 1.01. The number of benzene rings is 1. The van der Waals surface area contributed by atoms with E-state index >= 15 is 0 Å². The second-order valence-electron chi connectivity index (χ2n) is 7.74. The van der Waals surface area contributed by atoms with Gasteiger partial charge in [-0.3, -0.25) is 0 Å². The van der Waals surface area contributed by atoms with E-state index in [1.807, 2.05) is 6.07 Å². The summed E-state index contributed by atoms with van der Waals surface area (Å²) < 4.78 is 31.5. The van der Waals surface area contributed by atoms with Crippen LogP contribution in [0.2, 0.25) is 0 Å². The summed E-state index contributed by atoms with van der Waals surface area (Å²) in [6.07, 6.45) is 6.50. The number of rotatable bonds is 5. The van der Waals surface area contributed by atoms with Crippen molar-refractivity contribution >= 4 is 26.9 Å². The van der Waals surface area contributed by atoms with Gasteiger partial charge in [-0.25, -0.2) is 13.4 Å². The average molecular weight is 422 g/mol. The number of fused-ring (bicyclic) bond motifs is 1. The standard InChI is InChI=1S/C20H27N3O3S2/c1-22(2)16-5-3-4-6-17(16)23-10-11-26-19-13-15(7-8-18(19)23)28(24,25)14-20-21-9-12-27-20/h7-9,12-13,16-17H,3-6,10-11,14H2,1-2H3/t16-,17-/m0/s1. The van der Waals surface area contributed by atoms with Crippen LogP contribution < -0.4 is 9.64 Å².